The van der Waals surface area contributed by atoms with Crippen molar-refractivity contribution in [3.8, 4) is 0 Å². The average molecular weight is 418 g/mol. The molecule has 154 valence electrons. The van der Waals surface area contributed by atoms with Crippen LogP contribution in [-0.4, -0.2) is 50.2 Å². The van der Waals surface area contributed by atoms with Crippen LogP contribution in [0.5, 0.6) is 0 Å². The first-order valence-corrected chi connectivity index (χ1v) is 9.89. The second kappa shape index (κ2) is 8.24. The van der Waals surface area contributed by atoms with Gasteiger partial charge in [-0.1, -0.05) is 23.9 Å². The molecule has 1 saturated heterocycles. The minimum absolute atomic E-state index is 0.266. The maximum Gasteiger partial charge on any atom is 0.410 e. The van der Waals surface area contributed by atoms with E-state index in [4.69, 9.17) is 9.84 Å². The maximum absolute atomic E-state index is 12.2. The lowest BCUT2D eigenvalue weighted by atomic mass is 10.1. The highest BCUT2D eigenvalue weighted by Gasteiger charge is 2.32. The second-order valence-corrected chi connectivity index (χ2v) is 8.90. The number of carbonyl (C=O) groups is 3. The van der Waals surface area contributed by atoms with Gasteiger partial charge in [-0.3, -0.25) is 14.5 Å². The fraction of sp³-hybridized carbons (Fsp3) is 0.421. The van der Waals surface area contributed by atoms with Crippen LogP contribution < -0.4 is 5.32 Å². The third-order valence-electron chi connectivity index (χ3n) is 4.10. The van der Waals surface area contributed by atoms with Crippen LogP contribution in [0.4, 0.5) is 4.79 Å². The Balaban J connectivity index is 1.61. The zero-order valence-corrected chi connectivity index (χ0v) is 17.2. The Morgan fingerprint density at radius 3 is 2.76 bits per heavy atom. The van der Waals surface area contributed by atoms with Crippen molar-refractivity contribution in [3.05, 3.63) is 34.9 Å². The number of nitrogens with one attached hydrogen (secondary N) is 1. The zero-order chi connectivity index (χ0) is 21.2. The summed E-state index contributed by atoms with van der Waals surface area (Å²) in [7, 11) is 0. The summed E-state index contributed by atoms with van der Waals surface area (Å²) in [5.74, 6) is -1.42. The molecule has 2 N–H and O–H groups in total. The van der Waals surface area contributed by atoms with Gasteiger partial charge < -0.3 is 15.2 Å². The van der Waals surface area contributed by atoms with E-state index in [1.165, 1.54) is 0 Å². The van der Waals surface area contributed by atoms with Crippen molar-refractivity contribution >= 4 is 41.1 Å². The molecule has 0 aliphatic carbocycles. The molecule has 9 nitrogen and oxygen atoms in total. The van der Waals surface area contributed by atoms with Gasteiger partial charge in [-0.05, 0) is 43.5 Å². The SMILES string of the molecule is CC(C)(C)OC(=O)N1Cc2ccc(C=NN=C3NC(=O)C(CC(=O)O)S3)cc2C1. The summed E-state index contributed by atoms with van der Waals surface area (Å²) in [6.45, 7) is 6.46. The molecule has 0 radical (unpaired) electrons. The Labute approximate surface area is 172 Å². The van der Waals surface area contributed by atoms with Gasteiger partial charge in [0, 0.05) is 13.1 Å². The lowest BCUT2D eigenvalue weighted by Crippen LogP contribution is -2.33. The van der Waals surface area contributed by atoms with Gasteiger partial charge in [0.15, 0.2) is 5.17 Å². The van der Waals surface area contributed by atoms with Crippen LogP contribution in [0.25, 0.3) is 0 Å². The van der Waals surface area contributed by atoms with Crippen molar-refractivity contribution < 1.29 is 24.2 Å². The van der Waals surface area contributed by atoms with Crippen molar-refractivity contribution in [2.24, 2.45) is 10.2 Å². The summed E-state index contributed by atoms with van der Waals surface area (Å²) in [6, 6.07) is 5.73. The molecule has 2 amide bonds. The smallest absolute Gasteiger partial charge is 0.410 e. The molecule has 3 rings (SSSR count). The summed E-state index contributed by atoms with van der Waals surface area (Å²) in [5, 5.41) is 18.8. The number of carbonyl (C=O) groups excluding carboxylic acids is 2. The molecule has 1 fully saturated rings. The highest BCUT2D eigenvalue weighted by molar-refractivity contribution is 8.15. The van der Waals surface area contributed by atoms with Gasteiger partial charge in [-0.2, -0.15) is 5.10 Å². The highest BCUT2D eigenvalue weighted by Crippen LogP contribution is 2.25. The molecule has 1 aromatic rings. The quantitative estimate of drug-likeness (QED) is 0.572. The van der Waals surface area contributed by atoms with E-state index in [1.807, 2.05) is 39.0 Å². The van der Waals surface area contributed by atoms with Gasteiger partial charge in [0.1, 0.15) is 10.9 Å². The highest BCUT2D eigenvalue weighted by atomic mass is 32.2. The summed E-state index contributed by atoms with van der Waals surface area (Å²) in [4.78, 5) is 36.3. The number of amides is 2. The van der Waals surface area contributed by atoms with E-state index in [-0.39, 0.29) is 23.6 Å². The fourth-order valence-corrected chi connectivity index (χ4v) is 3.76. The number of carboxylic acids is 1. The molecule has 2 heterocycles. The van der Waals surface area contributed by atoms with Crippen molar-refractivity contribution in [3.63, 3.8) is 0 Å². The number of nitrogens with zero attached hydrogens (tertiary/aromatic N) is 3. The molecule has 2 aliphatic rings. The lowest BCUT2D eigenvalue weighted by molar-refractivity contribution is -0.138. The van der Waals surface area contributed by atoms with Gasteiger partial charge in [0.2, 0.25) is 5.91 Å². The number of rotatable bonds is 4. The van der Waals surface area contributed by atoms with E-state index >= 15 is 0 Å². The van der Waals surface area contributed by atoms with Gasteiger partial charge in [0.25, 0.3) is 0 Å². The van der Waals surface area contributed by atoms with Gasteiger partial charge in [-0.15, -0.1) is 5.10 Å². The number of carboxylic acid groups (broad SMARTS) is 1. The van der Waals surface area contributed by atoms with Crippen LogP contribution in [0, 0.1) is 0 Å². The molecule has 1 unspecified atom stereocenters. The van der Waals surface area contributed by atoms with E-state index in [2.05, 4.69) is 15.5 Å². The monoisotopic (exact) mass is 418 g/mol. The van der Waals surface area contributed by atoms with Crippen LogP contribution in [0.3, 0.4) is 0 Å². The van der Waals surface area contributed by atoms with E-state index in [0.717, 1.165) is 28.5 Å². The van der Waals surface area contributed by atoms with Gasteiger partial charge >= 0.3 is 12.1 Å². The van der Waals surface area contributed by atoms with Crippen LogP contribution in [0.15, 0.2) is 28.4 Å². The van der Waals surface area contributed by atoms with Crippen LogP contribution in [0.1, 0.15) is 43.9 Å². The summed E-state index contributed by atoms with van der Waals surface area (Å²) >= 11 is 1.05. The van der Waals surface area contributed by atoms with E-state index < -0.39 is 16.8 Å². The number of hydrogen-bond acceptors (Lipinski definition) is 7. The molecule has 29 heavy (non-hydrogen) atoms. The first-order chi connectivity index (χ1) is 13.6. The Morgan fingerprint density at radius 2 is 2.07 bits per heavy atom. The Hall–Kier alpha value is -2.88. The minimum atomic E-state index is -1.04. The standard InChI is InChI=1S/C19H22N4O5S/c1-19(2,3)28-18(27)23-9-12-5-4-11(6-13(12)10-23)8-20-22-17-21-16(26)14(29-17)7-15(24)25/h4-6,8,14H,7,9-10H2,1-3H3,(H,24,25)(H,21,22,26). The van der Waals surface area contributed by atoms with Crippen LogP contribution in [0.2, 0.25) is 0 Å². The number of hydrogen-bond donors (Lipinski definition) is 2. The van der Waals surface area contributed by atoms with E-state index in [1.54, 1.807) is 11.1 Å². The Bertz CT molecular complexity index is 906. The number of benzene rings is 1. The van der Waals surface area contributed by atoms with Crippen molar-refractivity contribution in [1.82, 2.24) is 10.2 Å². The molecule has 0 spiro atoms. The topological polar surface area (TPSA) is 121 Å². The second-order valence-electron chi connectivity index (χ2n) is 7.71. The molecule has 0 bridgehead atoms. The molecular formula is C19H22N4O5S. The van der Waals surface area contributed by atoms with Crippen molar-refractivity contribution in [2.75, 3.05) is 0 Å². The number of aliphatic carboxylic acids is 1. The number of ether oxygens (including phenoxy) is 1. The molecule has 0 saturated carbocycles. The molecule has 10 heteroatoms. The van der Waals surface area contributed by atoms with Gasteiger partial charge in [0.05, 0.1) is 12.6 Å². The molecule has 0 aromatic heterocycles. The van der Waals surface area contributed by atoms with Crippen molar-refractivity contribution in [2.45, 2.75) is 51.1 Å². The third kappa shape index (κ3) is 5.57. The van der Waals surface area contributed by atoms with E-state index in [0.29, 0.717) is 13.1 Å². The summed E-state index contributed by atoms with van der Waals surface area (Å²) in [5.41, 5.74) is 2.32. The molecule has 2 aliphatic heterocycles. The zero-order valence-electron chi connectivity index (χ0n) is 16.3. The Kier molecular flexibility index (Phi) is 5.92. The summed E-state index contributed by atoms with van der Waals surface area (Å²) in [6.07, 6.45) is 0.930. The molecular weight excluding hydrogens is 396 g/mol. The third-order valence-corrected chi connectivity index (χ3v) is 5.17. The first-order valence-electron chi connectivity index (χ1n) is 9.01. The number of thioether (sulfide) groups is 1. The predicted molar refractivity (Wildman–Crippen MR) is 109 cm³/mol. The first kappa shape index (κ1) is 20.8. The van der Waals surface area contributed by atoms with Crippen molar-refractivity contribution in [1.29, 1.82) is 0 Å². The van der Waals surface area contributed by atoms with E-state index in [9.17, 15) is 14.4 Å². The lowest BCUT2D eigenvalue weighted by Gasteiger charge is -2.24. The number of amidine groups is 1. The minimum Gasteiger partial charge on any atom is -0.481 e. The molecule has 1 atom stereocenters. The number of fused-ring (bicyclic) bond motifs is 1. The largest absolute Gasteiger partial charge is 0.481 e. The van der Waals surface area contributed by atoms with Crippen LogP contribution >= 0.6 is 11.8 Å². The normalized spacial score (nSPS) is 20.2. The molecule has 1 aromatic carbocycles. The maximum atomic E-state index is 12.2. The average Bonchev–Trinajstić information content (AvgIpc) is 3.16. The van der Waals surface area contributed by atoms with Crippen LogP contribution in [-0.2, 0) is 27.4 Å². The van der Waals surface area contributed by atoms with Gasteiger partial charge in [-0.25, -0.2) is 4.79 Å². The predicted octanol–water partition coefficient (Wildman–Crippen LogP) is 2.33. The Morgan fingerprint density at radius 1 is 1.34 bits per heavy atom. The summed E-state index contributed by atoms with van der Waals surface area (Å²) < 4.78 is 5.42. The fourth-order valence-electron chi connectivity index (χ4n) is 2.84.